The van der Waals surface area contributed by atoms with Crippen LogP contribution in [0.3, 0.4) is 0 Å². The van der Waals surface area contributed by atoms with Crippen LogP contribution in [0.5, 0.6) is 5.75 Å². The van der Waals surface area contributed by atoms with Gasteiger partial charge in [-0.25, -0.2) is 4.98 Å². The van der Waals surface area contributed by atoms with Gasteiger partial charge < -0.3 is 14.6 Å². The van der Waals surface area contributed by atoms with Gasteiger partial charge >= 0.3 is 0 Å². The molecule has 0 aliphatic rings. The number of carbonyl (C=O) groups is 1. The molecule has 7 nitrogen and oxygen atoms in total. The smallest absolute Gasteiger partial charge is 0.236 e. The lowest BCUT2D eigenvalue weighted by Gasteiger charge is -2.11. The lowest BCUT2D eigenvalue weighted by molar-refractivity contribution is -0.113. The number of thiazole rings is 1. The molecule has 0 radical (unpaired) electrons. The maximum atomic E-state index is 12.2. The number of aromatic nitrogens is 4. The molecule has 3 rings (SSSR count). The Morgan fingerprint density at radius 2 is 2.03 bits per heavy atom. The third-order valence-electron chi connectivity index (χ3n) is 4.40. The van der Waals surface area contributed by atoms with E-state index < -0.39 is 0 Å². The quantitative estimate of drug-likeness (QED) is 0.536. The summed E-state index contributed by atoms with van der Waals surface area (Å²) in [6.07, 6.45) is 0. The summed E-state index contributed by atoms with van der Waals surface area (Å²) in [6, 6.07) is 6.09. The molecule has 1 amide bonds. The van der Waals surface area contributed by atoms with Crippen LogP contribution < -0.4 is 10.1 Å². The van der Waals surface area contributed by atoms with E-state index in [2.05, 4.69) is 33.5 Å². The van der Waals surface area contributed by atoms with Gasteiger partial charge in [-0.3, -0.25) is 4.79 Å². The molecular formula is C20H25N5O2S2. The molecule has 0 aliphatic carbocycles. The maximum absolute atomic E-state index is 12.2. The maximum Gasteiger partial charge on any atom is 0.236 e. The van der Waals surface area contributed by atoms with Crippen LogP contribution in [0, 0.1) is 27.7 Å². The van der Waals surface area contributed by atoms with Crippen molar-refractivity contribution in [2.24, 2.45) is 0 Å². The number of nitrogens with zero attached hydrogens (tertiary/aromatic N) is 4. The molecule has 1 N–H and O–H groups in total. The number of hydrogen-bond donors (Lipinski definition) is 1. The Bertz CT molecular complexity index is 993. The minimum Gasteiger partial charge on any atom is -0.485 e. The van der Waals surface area contributed by atoms with Gasteiger partial charge in [-0.05, 0) is 46.2 Å². The zero-order valence-corrected chi connectivity index (χ0v) is 18.9. The highest BCUT2D eigenvalue weighted by Crippen LogP contribution is 2.23. The Labute approximate surface area is 178 Å². The first-order valence-electron chi connectivity index (χ1n) is 9.36. The summed E-state index contributed by atoms with van der Waals surface area (Å²) in [7, 11) is 0. The van der Waals surface area contributed by atoms with Crippen LogP contribution in [0.4, 0.5) is 5.13 Å². The van der Waals surface area contributed by atoms with E-state index in [9.17, 15) is 4.79 Å². The monoisotopic (exact) mass is 431 g/mol. The van der Waals surface area contributed by atoms with Gasteiger partial charge in [0.1, 0.15) is 12.4 Å². The van der Waals surface area contributed by atoms with Crippen LogP contribution in [0.15, 0.2) is 23.4 Å². The summed E-state index contributed by atoms with van der Waals surface area (Å²) in [6.45, 7) is 11.1. The predicted molar refractivity (Wildman–Crippen MR) is 117 cm³/mol. The van der Waals surface area contributed by atoms with Crippen LogP contribution in [0.2, 0.25) is 0 Å². The summed E-state index contributed by atoms with van der Waals surface area (Å²) in [5.41, 5.74) is 3.23. The molecule has 0 atom stereocenters. The molecule has 0 fully saturated rings. The lowest BCUT2D eigenvalue weighted by Crippen LogP contribution is -2.14. The second kappa shape index (κ2) is 9.41. The van der Waals surface area contributed by atoms with Crippen molar-refractivity contribution in [1.82, 2.24) is 19.7 Å². The van der Waals surface area contributed by atoms with Gasteiger partial charge in [0, 0.05) is 11.4 Å². The van der Waals surface area contributed by atoms with E-state index in [1.165, 1.54) is 28.7 Å². The number of amides is 1. The zero-order valence-electron chi connectivity index (χ0n) is 17.3. The van der Waals surface area contributed by atoms with Gasteiger partial charge in [0.05, 0.1) is 11.4 Å². The third-order valence-corrected chi connectivity index (χ3v) is 6.36. The van der Waals surface area contributed by atoms with E-state index >= 15 is 0 Å². The largest absolute Gasteiger partial charge is 0.485 e. The second-order valence-corrected chi connectivity index (χ2v) is 8.84. The highest BCUT2D eigenvalue weighted by atomic mass is 32.2. The summed E-state index contributed by atoms with van der Waals surface area (Å²) < 4.78 is 7.90. The molecule has 9 heteroatoms. The summed E-state index contributed by atoms with van der Waals surface area (Å²) >= 11 is 2.84. The lowest BCUT2D eigenvalue weighted by atomic mass is 10.1. The molecule has 2 heterocycles. The van der Waals surface area contributed by atoms with Crippen LogP contribution in [0.1, 0.15) is 34.4 Å². The van der Waals surface area contributed by atoms with E-state index in [-0.39, 0.29) is 11.7 Å². The first-order valence-corrected chi connectivity index (χ1v) is 11.2. The van der Waals surface area contributed by atoms with E-state index in [1.807, 2.05) is 44.4 Å². The molecule has 154 valence electrons. The van der Waals surface area contributed by atoms with Crippen LogP contribution >= 0.6 is 23.1 Å². The first kappa shape index (κ1) is 21.3. The van der Waals surface area contributed by atoms with Gasteiger partial charge in [0.15, 0.2) is 16.1 Å². The topological polar surface area (TPSA) is 81.9 Å². The molecular weight excluding hydrogens is 406 g/mol. The number of benzene rings is 1. The average molecular weight is 432 g/mol. The third kappa shape index (κ3) is 5.36. The number of anilines is 1. The summed E-state index contributed by atoms with van der Waals surface area (Å²) in [4.78, 5) is 17.7. The number of carbonyl (C=O) groups excluding carboxylic acids is 1. The van der Waals surface area contributed by atoms with E-state index in [0.29, 0.717) is 23.4 Å². The minimum atomic E-state index is -0.109. The molecule has 0 saturated carbocycles. The minimum absolute atomic E-state index is 0.109. The fourth-order valence-corrected chi connectivity index (χ4v) is 4.42. The van der Waals surface area contributed by atoms with Gasteiger partial charge in [-0.2, -0.15) is 0 Å². The fraction of sp³-hybridized carbons (Fsp3) is 0.400. The SMILES string of the molecule is CCn1c(COc2ccc(C)cc2C)nnc1SCC(=O)Nc1nc(C)c(C)s1. The van der Waals surface area contributed by atoms with Gasteiger partial charge in [-0.15, -0.1) is 21.5 Å². The van der Waals surface area contributed by atoms with Crippen molar-refractivity contribution in [3.05, 3.63) is 45.7 Å². The van der Waals surface area contributed by atoms with Crippen LogP contribution in [-0.2, 0) is 17.9 Å². The Morgan fingerprint density at radius 1 is 1.24 bits per heavy atom. The van der Waals surface area contributed by atoms with Crippen molar-refractivity contribution in [2.75, 3.05) is 11.1 Å². The van der Waals surface area contributed by atoms with Crippen molar-refractivity contribution in [1.29, 1.82) is 0 Å². The molecule has 0 unspecified atom stereocenters. The average Bonchev–Trinajstić information content (AvgIpc) is 3.21. The Morgan fingerprint density at radius 3 is 2.69 bits per heavy atom. The Kier molecular flexibility index (Phi) is 6.92. The van der Waals surface area contributed by atoms with Crippen molar-refractivity contribution in [3.8, 4) is 5.75 Å². The summed E-state index contributed by atoms with van der Waals surface area (Å²) in [5.74, 6) is 1.71. The number of ether oxygens (including phenoxy) is 1. The van der Waals surface area contributed by atoms with E-state index in [1.54, 1.807) is 0 Å². The molecule has 2 aromatic heterocycles. The first-order chi connectivity index (χ1) is 13.9. The second-order valence-electron chi connectivity index (χ2n) is 6.70. The number of rotatable bonds is 8. The van der Waals surface area contributed by atoms with Gasteiger partial charge in [0.2, 0.25) is 5.91 Å². The molecule has 0 spiro atoms. The Balaban J connectivity index is 1.59. The van der Waals surface area contributed by atoms with E-state index in [0.717, 1.165) is 27.7 Å². The van der Waals surface area contributed by atoms with Crippen LogP contribution in [0.25, 0.3) is 0 Å². The molecule has 1 aromatic carbocycles. The number of nitrogens with one attached hydrogen (secondary N) is 1. The predicted octanol–water partition coefficient (Wildman–Crippen LogP) is 4.30. The molecule has 0 aliphatic heterocycles. The van der Waals surface area contributed by atoms with Crippen molar-refractivity contribution in [3.63, 3.8) is 0 Å². The molecule has 29 heavy (non-hydrogen) atoms. The molecule has 3 aromatic rings. The fourth-order valence-electron chi connectivity index (χ4n) is 2.77. The highest BCUT2D eigenvalue weighted by Gasteiger charge is 2.15. The van der Waals surface area contributed by atoms with Crippen LogP contribution in [-0.4, -0.2) is 31.4 Å². The number of aryl methyl sites for hydroxylation is 4. The standard InChI is InChI=1S/C20H25N5O2S2/c1-6-25-17(10-27-16-8-7-12(2)9-13(16)3)23-24-20(25)28-11-18(26)22-19-21-14(4)15(5)29-19/h7-9H,6,10-11H2,1-5H3,(H,21,22,26). The van der Waals surface area contributed by atoms with Gasteiger partial charge in [-0.1, -0.05) is 29.5 Å². The Hall–Kier alpha value is -2.39. The summed E-state index contributed by atoms with van der Waals surface area (Å²) in [5, 5.41) is 12.7. The molecule has 0 saturated heterocycles. The van der Waals surface area contributed by atoms with Crippen molar-refractivity contribution < 1.29 is 9.53 Å². The number of thioether (sulfide) groups is 1. The van der Waals surface area contributed by atoms with Crippen molar-refractivity contribution >= 4 is 34.1 Å². The molecule has 0 bridgehead atoms. The number of hydrogen-bond acceptors (Lipinski definition) is 7. The van der Waals surface area contributed by atoms with E-state index in [4.69, 9.17) is 4.74 Å². The van der Waals surface area contributed by atoms with Crippen molar-refractivity contribution in [2.45, 2.75) is 52.9 Å². The van der Waals surface area contributed by atoms with Gasteiger partial charge in [0.25, 0.3) is 0 Å². The normalized spacial score (nSPS) is 10.9. The zero-order chi connectivity index (χ0) is 21.0. The highest BCUT2D eigenvalue weighted by molar-refractivity contribution is 7.99.